The van der Waals surface area contributed by atoms with Crippen molar-refractivity contribution in [3.8, 4) is 17.0 Å². The van der Waals surface area contributed by atoms with Crippen LogP contribution < -0.4 is 10.5 Å². The van der Waals surface area contributed by atoms with E-state index in [2.05, 4.69) is 4.98 Å². The molecule has 0 aliphatic heterocycles. The highest BCUT2D eigenvalue weighted by atomic mass is 32.1. The lowest BCUT2D eigenvalue weighted by atomic mass is 10.1. The van der Waals surface area contributed by atoms with Gasteiger partial charge in [-0.3, -0.25) is 4.98 Å². The van der Waals surface area contributed by atoms with Crippen LogP contribution in [0.25, 0.3) is 11.3 Å². The maximum absolute atomic E-state index is 5.64. The van der Waals surface area contributed by atoms with Crippen molar-refractivity contribution in [2.24, 2.45) is 5.73 Å². The number of rotatable bonds is 4. The molecule has 20 heavy (non-hydrogen) atoms. The van der Waals surface area contributed by atoms with Gasteiger partial charge in [0.25, 0.3) is 0 Å². The van der Waals surface area contributed by atoms with Crippen LogP contribution >= 0.6 is 12.2 Å². The number of benzene rings is 1. The first-order valence-electron chi connectivity index (χ1n) is 6.52. The van der Waals surface area contributed by atoms with E-state index >= 15 is 0 Å². The highest BCUT2D eigenvalue weighted by Gasteiger charge is 2.06. The molecule has 4 heteroatoms. The number of pyridine rings is 1. The summed E-state index contributed by atoms with van der Waals surface area (Å²) in [7, 11) is 0. The molecular formula is C16H18N2OS. The van der Waals surface area contributed by atoms with Crippen molar-refractivity contribution in [1.82, 2.24) is 4.98 Å². The summed E-state index contributed by atoms with van der Waals surface area (Å²) in [5.41, 5.74) is 9.25. The summed E-state index contributed by atoms with van der Waals surface area (Å²) in [6, 6.07) is 11.7. The van der Waals surface area contributed by atoms with E-state index in [9.17, 15) is 0 Å². The van der Waals surface area contributed by atoms with Gasteiger partial charge in [0.1, 0.15) is 10.7 Å². The van der Waals surface area contributed by atoms with Crippen LogP contribution in [-0.4, -0.2) is 16.1 Å². The van der Waals surface area contributed by atoms with Crippen molar-refractivity contribution >= 4 is 17.2 Å². The largest absolute Gasteiger partial charge is 0.491 e. The normalized spacial score (nSPS) is 10.6. The molecule has 0 saturated heterocycles. The number of aromatic nitrogens is 1. The quantitative estimate of drug-likeness (QED) is 0.874. The third-order valence-electron chi connectivity index (χ3n) is 2.87. The van der Waals surface area contributed by atoms with Crippen molar-refractivity contribution in [3.05, 3.63) is 47.7 Å². The van der Waals surface area contributed by atoms with Crippen molar-refractivity contribution < 1.29 is 4.74 Å². The monoisotopic (exact) mass is 286 g/mol. The molecule has 1 aromatic heterocycles. The van der Waals surface area contributed by atoms with Gasteiger partial charge < -0.3 is 10.5 Å². The van der Waals surface area contributed by atoms with Gasteiger partial charge in [0, 0.05) is 16.8 Å². The Bertz CT molecular complexity index is 621. The van der Waals surface area contributed by atoms with E-state index in [1.165, 1.54) is 0 Å². The van der Waals surface area contributed by atoms with Gasteiger partial charge in [-0.15, -0.1) is 0 Å². The molecule has 0 saturated carbocycles. The highest BCUT2D eigenvalue weighted by molar-refractivity contribution is 7.80. The average molecular weight is 286 g/mol. The fraction of sp³-hybridized carbons (Fsp3) is 0.250. The second-order valence-electron chi connectivity index (χ2n) is 4.88. The van der Waals surface area contributed by atoms with Gasteiger partial charge >= 0.3 is 0 Å². The maximum Gasteiger partial charge on any atom is 0.119 e. The topological polar surface area (TPSA) is 48.1 Å². The predicted octanol–water partition coefficient (Wildman–Crippen LogP) is 3.48. The number of nitrogens with two attached hydrogens (primary N) is 1. The van der Waals surface area contributed by atoms with Gasteiger partial charge in [-0.05, 0) is 57.2 Å². The SMILES string of the molecule is Cc1nc(-c2ccc(OC(C)C)cc2)ccc1C(N)=S. The van der Waals surface area contributed by atoms with Crippen LogP contribution in [0.4, 0.5) is 0 Å². The van der Waals surface area contributed by atoms with Crippen LogP contribution in [0.3, 0.4) is 0 Å². The summed E-state index contributed by atoms with van der Waals surface area (Å²) in [4.78, 5) is 4.92. The van der Waals surface area contributed by atoms with E-state index in [4.69, 9.17) is 22.7 Å². The molecule has 0 radical (unpaired) electrons. The van der Waals surface area contributed by atoms with Crippen molar-refractivity contribution in [2.75, 3.05) is 0 Å². The van der Waals surface area contributed by atoms with E-state index in [0.717, 1.165) is 28.3 Å². The van der Waals surface area contributed by atoms with Crippen LogP contribution in [0, 0.1) is 6.92 Å². The first-order valence-corrected chi connectivity index (χ1v) is 6.92. The summed E-state index contributed by atoms with van der Waals surface area (Å²) in [5, 5.41) is 0. The first-order chi connectivity index (χ1) is 9.47. The van der Waals surface area contributed by atoms with Gasteiger partial charge in [-0.2, -0.15) is 0 Å². The molecule has 0 amide bonds. The second-order valence-corrected chi connectivity index (χ2v) is 5.32. The Kier molecular flexibility index (Phi) is 4.35. The standard InChI is InChI=1S/C16H18N2OS/c1-10(2)19-13-6-4-12(5-7-13)15-9-8-14(16(17)20)11(3)18-15/h4-10H,1-3H3,(H2,17,20). The average Bonchev–Trinajstić information content (AvgIpc) is 2.38. The van der Waals surface area contributed by atoms with Crippen LogP contribution in [0.2, 0.25) is 0 Å². The van der Waals surface area contributed by atoms with Gasteiger partial charge in [0.05, 0.1) is 11.8 Å². The number of aryl methyl sites for hydroxylation is 1. The van der Waals surface area contributed by atoms with Crippen molar-refractivity contribution in [2.45, 2.75) is 26.9 Å². The molecule has 0 bridgehead atoms. The Morgan fingerprint density at radius 2 is 1.80 bits per heavy atom. The lowest BCUT2D eigenvalue weighted by Gasteiger charge is -2.10. The zero-order valence-electron chi connectivity index (χ0n) is 11.9. The number of thiocarbonyl (C=S) groups is 1. The summed E-state index contributed by atoms with van der Waals surface area (Å²) in [6.45, 7) is 5.93. The zero-order valence-corrected chi connectivity index (χ0v) is 12.7. The zero-order chi connectivity index (χ0) is 14.7. The molecule has 0 fully saturated rings. The van der Waals surface area contributed by atoms with Crippen LogP contribution in [0.5, 0.6) is 5.75 Å². The molecule has 2 N–H and O–H groups in total. The van der Waals surface area contributed by atoms with Crippen molar-refractivity contribution in [1.29, 1.82) is 0 Å². The number of hydrogen-bond acceptors (Lipinski definition) is 3. The maximum atomic E-state index is 5.64. The predicted molar refractivity (Wildman–Crippen MR) is 86.1 cm³/mol. The Labute approximate surface area is 124 Å². The van der Waals surface area contributed by atoms with Gasteiger partial charge in [0.2, 0.25) is 0 Å². The van der Waals surface area contributed by atoms with E-state index in [1.807, 2.05) is 57.2 Å². The number of nitrogens with zero attached hydrogens (tertiary/aromatic N) is 1. The minimum atomic E-state index is 0.172. The number of ether oxygens (including phenoxy) is 1. The molecule has 0 aliphatic carbocycles. The minimum absolute atomic E-state index is 0.172. The molecule has 2 aromatic rings. The van der Waals surface area contributed by atoms with E-state index in [1.54, 1.807) is 0 Å². The summed E-state index contributed by atoms with van der Waals surface area (Å²) in [6.07, 6.45) is 0.172. The molecule has 104 valence electrons. The van der Waals surface area contributed by atoms with E-state index < -0.39 is 0 Å². The lowest BCUT2D eigenvalue weighted by molar-refractivity contribution is 0.242. The van der Waals surface area contributed by atoms with Crippen LogP contribution in [0.15, 0.2) is 36.4 Å². The fourth-order valence-corrected chi connectivity index (χ4v) is 2.17. The molecule has 2 rings (SSSR count). The molecule has 3 nitrogen and oxygen atoms in total. The van der Waals surface area contributed by atoms with E-state index in [0.29, 0.717) is 4.99 Å². The van der Waals surface area contributed by atoms with Crippen LogP contribution in [-0.2, 0) is 0 Å². The van der Waals surface area contributed by atoms with E-state index in [-0.39, 0.29) is 6.10 Å². The summed E-state index contributed by atoms with van der Waals surface area (Å²) < 4.78 is 5.63. The molecule has 0 aliphatic rings. The molecular weight excluding hydrogens is 268 g/mol. The second kappa shape index (κ2) is 6.01. The number of hydrogen-bond donors (Lipinski definition) is 1. The lowest BCUT2D eigenvalue weighted by Crippen LogP contribution is -2.12. The minimum Gasteiger partial charge on any atom is -0.491 e. The summed E-state index contributed by atoms with van der Waals surface area (Å²) >= 11 is 4.99. The Balaban J connectivity index is 2.28. The third kappa shape index (κ3) is 3.33. The Hall–Kier alpha value is -1.94. The molecule has 1 aromatic carbocycles. The molecule has 0 atom stereocenters. The smallest absolute Gasteiger partial charge is 0.119 e. The van der Waals surface area contributed by atoms with Crippen LogP contribution in [0.1, 0.15) is 25.1 Å². The molecule has 1 heterocycles. The van der Waals surface area contributed by atoms with Crippen molar-refractivity contribution in [3.63, 3.8) is 0 Å². The Morgan fingerprint density at radius 3 is 2.30 bits per heavy atom. The Morgan fingerprint density at radius 1 is 1.15 bits per heavy atom. The highest BCUT2D eigenvalue weighted by Crippen LogP contribution is 2.22. The summed E-state index contributed by atoms with van der Waals surface area (Å²) in [5.74, 6) is 0.861. The fourth-order valence-electron chi connectivity index (χ4n) is 1.96. The third-order valence-corrected chi connectivity index (χ3v) is 3.09. The van der Waals surface area contributed by atoms with Gasteiger partial charge in [-0.1, -0.05) is 12.2 Å². The van der Waals surface area contributed by atoms with Gasteiger partial charge in [-0.25, -0.2) is 0 Å². The molecule has 0 spiro atoms. The first kappa shape index (κ1) is 14.5. The molecule has 0 unspecified atom stereocenters. The van der Waals surface area contributed by atoms with Gasteiger partial charge in [0.15, 0.2) is 0 Å².